The third-order valence-corrected chi connectivity index (χ3v) is 8.88. The lowest BCUT2D eigenvalue weighted by atomic mass is 9.93. The molecule has 1 aliphatic rings. The average Bonchev–Trinajstić information content (AvgIpc) is 3.30. The van der Waals surface area contributed by atoms with Crippen LogP contribution in [-0.2, 0) is 9.53 Å². The number of ether oxygens (including phenoxy) is 3. The van der Waals surface area contributed by atoms with Crippen LogP contribution < -0.4 is 24.4 Å². The molecule has 0 saturated carbocycles. The van der Waals surface area contributed by atoms with Gasteiger partial charge in [0.15, 0.2) is 4.80 Å². The predicted octanol–water partition coefficient (Wildman–Crippen LogP) is 5.72. The molecule has 0 unspecified atom stereocenters. The van der Waals surface area contributed by atoms with Gasteiger partial charge in [-0.15, -0.1) is 0 Å². The summed E-state index contributed by atoms with van der Waals surface area (Å²) in [5.74, 6) is 0.810. The van der Waals surface area contributed by atoms with E-state index in [4.69, 9.17) is 19.2 Å². The number of methoxy groups -OCH3 is 1. The number of carbonyl (C=O) groups is 1. The first-order valence-electron chi connectivity index (χ1n) is 13.0. The highest BCUT2D eigenvalue weighted by Crippen LogP contribution is 2.36. The average molecular weight is 804 g/mol. The summed E-state index contributed by atoms with van der Waals surface area (Å²) in [6, 6.07) is 20.0. The summed E-state index contributed by atoms with van der Waals surface area (Å²) in [6.07, 6.45) is 3.51. The molecule has 0 radical (unpaired) electrons. The van der Waals surface area contributed by atoms with Crippen LogP contribution in [0.3, 0.4) is 0 Å². The molecule has 1 aromatic heterocycles. The molecule has 0 aliphatic carbocycles. The van der Waals surface area contributed by atoms with Crippen molar-refractivity contribution in [2.45, 2.75) is 13.0 Å². The van der Waals surface area contributed by atoms with E-state index in [0.717, 1.165) is 23.8 Å². The van der Waals surface area contributed by atoms with Gasteiger partial charge in [-0.2, -0.15) is 0 Å². The molecular weight excluding hydrogens is 778 g/mol. The maximum absolute atomic E-state index is 14.2. The van der Waals surface area contributed by atoms with Crippen LogP contribution >= 0.6 is 56.5 Å². The van der Waals surface area contributed by atoms with Crippen molar-refractivity contribution < 1.29 is 19.0 Å². The van der Waals surface area contributed by atoms with Crippen molar-refractivity contribution in [2.75, 3.05) is 20.3 Å². The SMILES string of the molecule is C=CCOc1c(I)cc(I)cc1/C=c1\sc2n(c1=O)[C@H](c1ccc(OC)cc1)C(C(=O)OCC)=C(c1ccccc1)N=2. The Bertz CT molecular complexity index is 1860. The van der Waals surface area contributed by atoms with Crippen molar-refractivity contribution >= 4 is 74.3 Å². The van der Waals surface area contributed by atoms with Crippen LogP contribution in [0.15, 0.2) is 94.7 Å². The number of halogens is 2. The number of benzene rings is 3. The minimum atomic E-state index is -0.768. The van der Waals surface area contributed by atoms with E-state index < -0.39 is 12.0 Å². The maximum Gasteiger partial charge on any atom is 0.338 e. The molecule has 0 bridgehead atoms. The number of fused-ring (bicyclic) bond motifs is 1. The van der Waals surface area contributed by atoms with Crippen LogP contribution in [0.1, 0.15) is 29.7 Å². The maximum atomic E-state index is 14.2. The Balaban J connectivity index is 1.82. The molecule has 214 valence electrons. The van der Waals surface area contributed by atoms with Crippen LogP contribution in [0, 0.1) is 7.14 Å². The first-order chi connectivity index (χ1) is 20.4. The van der Waals surface area contributed by atoms with E-state index in [1.54, 1.807) is 24.7 Å². The fourth-order valence-corrected chi connectivity index (χ4v) is 7.70. The zero-order valence-electron chi connectivity index (χ0n) is 22.8. The molecule has 3 aromatic carbocycles. The number of hydrogen-bond acceptors (Lipinski definition) is 7. The number of thiazole rings is 1. The van der Waals surface area contributed by atoms with Gasteiger partial charge in [-0.1, -0.05) is 66.5 Å². The second-order valence-electron chi connectivity index (χ2n) is 9.11. The first-order valence-corrected chi connectivity index (χ1v) is 16.0. The minimum Gasteiger partial charge on any atom is -0.497 e. The van der Waals surface area contributed by atoms with Crippen molar-refractivity contribution in [3.63, 3.8) is 0 Å². The third-order valence-electron chi connectivity index (χ3n) is 6.47. The largest absolute Gasteiger partial charge is 0.497 e. The molecule has 4 aromatic rings. The van der Waals surface area contributed by atoms with Gasteiger partial charge < -0.3 is 14.2 Å². The van der Waals surface area contributed by atoms with E-state index in [1.807, 2.05) is 72.8 Å². The van der Waals surface area contributed by atoms with Crippen molar-refractivity contribution in [1.29, 1.82) is 0 Å². The molecule has 10 heteroatoms. The third kappa shape index (κ3) is 6.11. The fourth-order valence-electron chi connectivity index (χ4n) is 4.67. The Hall–Kier alpha value is -3.23. The lowest BCUT2D eigenvalue weighted by Crippen LogP contribution is -2.40. The summed E-state index contributed by atoms with van der Waals surface area (Å²) < 4.78 is 20.9. The van der Waals surface area contributed by atoms with Crippen LogP contribution in [0.5, 0.6) is 11.5 Å². The van der Waals surface area contributed by atoms with Crippen molar-refractivity contribution in [3.8, 4) is 11.5 Å². The van der Waals surface area contributed by atoms with Gasteiger partial charge in [0.25, 0.3) is 5.56 Å². The Morgan fingerprint density at radius 1 is 1.12 bits per heavy atom. The molecule has 5 rings (SSSR count). The van der Waals surface area contributed by atoms with Gasteiger partial charge in [-0.05, 0) is 88.0 Å². The highest BCUT2D eigenvalue weighted by Gasteiger charge is 2.35. The molecule has 42 heavy (non-hydrogen) atoms. The topological polar surface area (TPSA) is 79.1 Å². The lowest BCUT2D eigenvalue weighted by Gasteiger charge is -2.26. The van der Waals surface area contributed by atoms with E-state index in [0.29, 0.717) is 38.7 Å². The smallest absolute Gasteiger partial charge is 0.338 e. The van der Waals surface area contributed by atoms with Gasteiger partial charge >= 0.3 is 5.97 Å². The first kappa shape index (κ1) is 30.2. The predicted molar refractivity (Wildman–Crippen MR) is 182 cm³/mol. The van der Waals surface area contributed by atoms with Crippen molar-refractivity contribution in [2.24, 2.45) is 4.99 Å². The standard InChI is InChI=1S/C32H26I2N2O5S/c1-4-15-41-29-21(16-22(33)18-24(29)34)17-25-30(37)36-28(20-11-13-23(39-3)14-12-20)26(31(38)40-5-2)27(35-32(36)42-25)19-9-7-6-8-10-19/h4,6-14,16-18,28H,1,5,15H2,2-3H3/b25-17-/t28-/m1/s1. The minimum absolute atomic E-state index is 0.183. The second-order valence-corrected chi connectivity index (χ2v) is 12.5. The Kier molecular flexibility index (Phi) is 9.63. The van der Waals surface area contributed by atoms with Crippen LogP contribution in [-0.4, -0.2) is 30.9 Å². The summed E-state index contributed by atoms with van der Waals surface area (Å²) in [5.41, 5.74) is 2.76. The second kappa shape index (κ2) is 13.4. The van der Waals surface area contributed by atoms with Gasteiger partial charge in [0, 0.05) is 14.7 Å². The monoisotopic (exact) mass is 804 g/mol. The quantitative estimate of drug-likeness (QED) is 0.123. The summed E-state index contributed by atoms with van der Waals surface area (Å²) in [7, 11) is 1.59. The van der Waals surface area contributed by atoms with Gasteiger partial charge in [0.1, 0.15) is 18.1 Å². The molecule has 1 atom stereocenters. The van der Waals surface area contributed by atoms with Crippen LogP contribution in [0.4, 0.5) is 0 Å². The fraction of sp³-hybridized carbons (Fsp3) is 0.156. The van der Waals surface area contributed by atoms with E-state index in [2.05, 4.69) is 51.8 Å². The van der Waals surface area contributed by atoms with Crippen LogP contribution in [0.2, 0.25) is 0 Å². The summed E-state index contributed by atoms with van der Waals surface area (Å²) in [5, 5.41) is 0. The van der Waals surface area contributed by atoms with Crippen LogP contribution in [0.25, 0.3) is 11.8 Å². The van der Waals surface area contributed by atoms with E-state index in [1.165, 1.54) is 11.3 Å². The zero-order valence-corrected chi connectivity index (χ0v) is 27.9. The highest BCUT2D eigenvalue weighted by molar-refractivity contribution is 14.1. The molecule has 0 fully saturated rings. The number of nitrogens with zero attached hydrogens (tertiary/aromatic N) is 2. The molecular formula is C32H26I2N2O5S. The Labute approximate surface area is 274 Å². The number of carbonyl (C=O) groups excluding carboxylic acids is 1. The summed E-state index contributed by atoms with van der Waals surface area (Å²) >= 11 is 5.75. The number of aromatic nitrogens is 1. The van der Waals surface area contributed by atoms with Gasteiger partial charge in [0.05, 0.1) is 39.1 Å². The normalized spacial score (nSPS) is 14.7. The Morgan fingerprint density at radius 3 is 2.52 bits per heavy atom. The molecule has 1 aliphatic heterocycles. The number of rotatable bonds is 9. The molecule has 2 heterocycles. The molecule has 0 amide bonds. The zero-order chi connectivity index (χ0) is 29.8. The van der Waals surface area contributed by atoms with Gasteiger partial charge in [0.2, 0.25) is 0 Å². The highest BCUT2D eigenvalue weighted by atomic mass is 127. The molecule has 0 spiro atoms. The lowest BCUT2D eigenvalue weighted by molar-refractivity contribution is -0.138. The number of esters is 1. The van der Waals surface area contributed by atoms with E-state index in [9.17, 15) is 9.59 Å². The number of hydrogen-bond donors (Lipinski definition) is 0. The molecule has 0 N–H and O–H groups in total. The van der Waals surface area contributed by atoms with Crippen molar-refractivity contribution in [3.05, 3.63) is 128 Å². The Morgan fingerprint density at radius 2 is 1.86 bits per heavy atom. The van der Waals surface area contributed by atoms with E-state index in [-0.39, 0.29) is 12.2 Å². The van der Waals surface area contributed by atoms with Gasteiger partial charge in [-0.25, -0.2) is 9.79 Å². The summed E-state index contributed by atoms with van der Waals surface area (Å²) in [6.45, 7) is 6.03. The van der Waals surface area contributed by atoms with Gasteiger partial charge in [-0.3, -0.25) is 9.36 Å². The molecule has 7 nitrogen and oxygen atoms in total. The molecule has 0 saturated heterocycles. The van der Waals surface area contributed by atoms with Crippen molar-refractivity contribution in [1.82, 2.24) is 4.57 Å². The van der Waals surface area contributed by atoms with E-state index >= 15 is 0 Å². The summed E-state index contributed by atoms with van der Waals surface area (Å²) in [4.78, 5) is 33.2.